The molecular weight excluding hydrogens is 526 g/mol. The monoisotopic (exact) mass is 556 g/mol. The lowest BCUT2D eigenvalue weighted by Crippen LogP contribution is -2.00. The molecule has 0 saturated heterocycles. The van der Waals surface area contributed by atoms with Gasteiger partial charge in [0.1, 0.15) is 11.2 Å². The highest BCUT2D eigenvalue weighted by Gasteiger charge is 2.16. The second kappa shape index (κ2) is 10.5. The van der Waals surface area contributed by atoms with E-state index in [2.05, 4.69) is 18.2 Å². The van der Waals surface area contributed by atoms with Crippen LogP contribution in [0.15, 0.2) is 156 Å². The minimum absolute atomic E-state index is 0.116. The minimum atomic E-state index is -0.433. The van der Waals surface area contributed by atoms with Crippen LogP contribution in [0.5, 0.6) is 0 Å². The summed E-state index contributed by atoms with van der Waals surface area (Å²) in [6, 6.07) is 37.2. The standard InChI is InChI=1S/C39H25N3O/c1-4-12-26(13-5-1)29-18-10-19-30(24-29)38-40-37(28-16-8-3-9-17-28)41-39(42-38)31-22-23-33-35(25-31)43-34-21-11-20-32(36(33)34)27-14-6-2-7-15-27/h1-25H/i1D,4D,5D,12D,13D. The number of furan rings is 1. The molecular formula is C39H25N3O. The van der Waals surface area contributed by atoms with E-state index in [4.69, 9.17) is 26.2 Å². The number of aromatic nitrogens is 3. The molecule has 2 heterocycles. The molecule has 4 nitrogen and oxygen atoms in total. The van der Waals surface area contributed by atoms with E-state index in [1.807, 2.05) is 84.9 Å². The maximum atomic E-state index is 8.49. The highest BCUT2D eigenvalue weighted by atomic mass is 16.3. The van der Waals surface area contributed by atoms with Gasteiger partial charge in [0.2, 0.25) is 0 Å². The van der Waals surface area contributed by atoms with E-state index in [0.29, 0.717) is 34.2 Å². The van der Waals surface area contributed by atoms with Crippen LogP contribution >= 0.6 is 0 Å². The van der Waals surface area contributed by atoms with E-state index in [1.54, 1.807) is 18.2 Å². The van der Waals surface area contributed by atoms with Crippen molar-refractivity contribution in [3.63, 3.8) is 0 Å². The lowest BCUT2D eigenvalue weighted by Gasteiger charge is -2.10. The van der Waals surface area contributed by atoms with Crippen LogP contribution in [0, 0.1) is 0 Å². The summed E-state index contributed by atoms with van der Waals surface area (Å²) < 4.78 is 47.6. The zero-order valence-electron chi connectivity index (χ0n) is 27.8. The molecule has 0 amide bonds. The molecule has 8 rings (SSSR count). The summed E-state index contributed by atoms with van der Waals surface area (Å²) in [5, 5.41) is 2.02. The number of hydrogen-bond donors (Lipinski definition) is 0. The van der Waals surface area contributed by atoms with Crippen molar-refractivity contribution in [2.24, 2.45) is 0 Å². The predicted molar refractivity (Wildman–Crippen MR) is 174 cm³/mol. The van der Waals surface area contributed by atoms with E-state index in [-0.39, 0.29) is 29.7 Å². The maximum absolute atomic E-state index is 8.49. The Labute approximate surface area is 256 Å². The van der Waals surface area contributed by atoms with Gasteiger partial charge in [0.15, 0.2) is 17.5 Å². The van der Waals surface area contributed by atoms with Gasteiger partial charge in [0.25, 0.3) is 0 Å². The first-order valence-corrected chi connectivity index (χ1v) is 13.9. The number of benzene rings is 6. The molecule has 0 unspecified atom stereocenters. The first-order valence-electron chi connectivity index (χ1n) is 16.4. The highest BCUT2D eigenvalue weighted by Crippen LogP contribution is 2.38. The van der Waals surface area contributed by atoms with Crippen LogP contribution < -0.4 is 0 Å². The number of nitrogens with zero attached hydrogens (tertiary/aromatic N) is 3. The number of rotatable bonds is 5. The van der Waals surface area contributed by atoms with Gasteiger partial charge < -0.3 is 4.42 Å². The van der Waals surface area contributed by atoms with Gasteiger partial charge in [-0.2, -0.15) is 0 Å². The summed E-state index contributed by atoms with van der Waals surface area (Å²) in [5.41, 5.74) is 6.43. The minimum Gasteiger partial charge on any atom is -0.456 e. The van der Waals surface area contributed by atoms with Crippen molar-refractivity contribution in [2.75, 3.05) is 0 Å². The van der Waals surface area contributed by atoms with Crippen LogP contribution in [0.25, 0.3) is 78.4 Å². The van der Waals surface area contributed by atoms with Crippen LogP contribution in [0.3, 0.4) is 0 Å². The van der Waals surface area contributed by atoms with E-state index in [1.165, 1.54) is 0 Å². The Balaban J connectivity index is 1.29. The molecule has 6 aromatic carbocycles. The molecule has 0 aliphatic rings. The lowest BCUT2D eigenvalue weighted by molar-refractivity contribution is 0.669. The van der Waals surface area contributed by atoms with Crippen LogP contribution in [0.2, 0.25) is 0 Å². The van der Waals surface area contributed by atoms with Gasteiger partial charge in [0, 0.05) is 27.5 Å². The molecule has 0 bridgehead atoms. The summed E-state index contributed by atoms with van der Waals surface area (Å²) in [7, 11) is 0. The second-order valence-electron chi connectivity index (χ2n) is 10.1. The van der Waals surface area contributed by atoms with Crippen LogP contribution in [0.1, 0.15) is 6.85 Å². The van der Waals surface area contributed by atoms with Crippen LogP contribution in [-0.4, -0.2) is 15.0 Å². The molecule has 43 heavy (non-hydrogen) atoms. The Bertz CT molecular complexity index is 2490. The van der Waals surface area contributed by atoms with Crippen molar-refractivity contribution in [1.82, 2.24) is 15.0 Å². The topological polar surface area (TPSA) is 51.8 Å². The molecule has 0 aliphatic carbocycles. The van der Waals surface area contributed by atoms with Crippen LogP contribution in [0.4, 0.5) is 0 Å². The van der Waals surface area contributed by atoms with Gasteiger partial charge in [0.05, 0.1) is 6.85 Å². The molecule has 0 radical (unpaired) electrons. The SMILES string of the molecule is [2H]c1c([2H])c([2H])c(-c2cccc(-c3nc(-c4ccccc4)nc(-c4ccc5c(c4)oc4cccc(-c6ccccc6)c45)n3)c2)c([2H])c1[2H]. The van der Waals surface area contributed by atoms with Gasteiger partial charge in [-0.05, 0) is 46.5 Å². The third-order valence-corrected chi connectivity index (χ3v) is 7.42. The lowest BCUT2D eigenvalue weighted by atomic mass is 9.99. The molecule has 0 atom stereocenters. The third kappa shape index (κ3) is 4.65. The van der Waals surface area contributed by atoms with Crippen molar-refractivity contribution in [1.29, 1.82) is 0 Å². The Morgan fingerprint density at radius 3 is 1.79 bits per heavy atom. The quantitative estimate of drug-likeness (QED) is 0.212. The third-order valence-electron chi connectivity index (χ3n) is 7.42. The molecule has 202 valence electrons. The molecule has 0 spiro atoms. The fourth-order valence-electron chi connectivity index (χ4n) is 5.38. The molecule has 2 aromatic heterocycles. The summed E-state index contributed by atoms with van der Waals surface area (Å²) in [6.07, 6.45) is 0. The maximum Gasteiger partial charge on any atom is 0.164 e. The highest BCUT2D eigenvalue weighted by molar-refractivity contribution is 6.12. The normalized spacial score (nSPS) is 12.9. The summed E-state index contributed by atoms with van der Waals surface area (Å²) in [4.78, 5) is 14.6. The summed E-state index contributed by atoms with van der Waals surface area (Å²) >= 11 is 0. The van der Waals surface area contributed by atoms with E-state index >= 15 is 0 Å². The Morgan fingerprint density at radius 2 is 1.05 bits per heavy atom. The second-order valence-corrected chi connectivity index (χ2v) is 10.1. The van der Waals surface area contributed by atoms with Crippen molar-refractivity contribution in [3.05, 3.63) is 152 Å². The fourth-order valence-corrected chi connectivity index (χ4v) is 5.38. The first-order chi connectivity index (χ1) is 23.4. The number of hydrogen-bond acceptors (Lipinski definition) is 4. The average Bonchev–Trinajstić information content (AvgIpc) is 3.52. The first kappa shape index (κ1) is 20.1. The molecule has 0 saturated carbocycles. The zero-order chi connectivity index (χ0) is 32.9. The van der Waals surface area contributed by atoms with Crippen molar-refractivity contribution in [3.8, 4) is 56.4 Å². The van der Waals surface area contributed by atoms with Gasteiger partial charge in [-0.15, -0.1) is 0 Å². The largest absolute Gasteiger partial charge is 0.456 e. The van der Waals surface area contributed by atoms with Crippen molar-refractivity contribution < 1.29 is 11.3 Å². The van der Waals surface area contributed by atoms with Gasteiger partial charge in [-0.3, -0.25) is 0 Å². The molecule has 0 aliphatic heterocycles. The zero-order valence-corrected chi connectivity index (χ0v) is 22.8. The van der Waals surface area contributed by atoms with E-state index in [9.17, 15) is 0 Å². The smallest absolute Gasteiger partial charge is 0.164 e. The molecule has 4 heteroatoms. The van der Waals surface area contributed by atoms with E-state index in [0.717, 1.165) is 38.6 Å². The Morgan fingerprint density at radius 1 is 0.442 bits per heavy atom. The average molecular weight is 557 g/mol. The van der Waals surface area contributed by atoms with Crippen LogP contribution in [-0.2, 0) is 0 Å². The van der Waals surface area contributed by atoms with Crippen molar-refractivity contribution in [2.45, 2.75) is 0 Å². The molecule has 8 aromatic rings. The Kier molecular flexibility index (Phi) is 4.91. The van der Waals surface area contributed by atoms with Crippen molar-refractivity contribution >= 4 is 21.9 Å². The van der Waals surface area contributed by atoms with E-state index < -0.39 is 6.04 Å². The van der Waals surface area contributed by atoms with Gasteiger partial charge in [-0.1, -0.05) is 127 Å². The molecule has 0 N–H and O–H groups in total. The summed E-state index contributed by atoms with van der Waals surface area (Å²) in [5.74, 6) is 1.29. The van der Waals surface area contributed by atoms with Gasteiger partial charge >= 0.3 is 0 Å². The number of fused-ring (bicyclic) bond motifs is 3. The predicted octanol–water partition coefficient (Wildman–Crippen LogP) is 10.1. The summed E-state index contributed by atoms with van der Waals surface area (Å²) in [6.45, 7) is 0. The van der Waals surface area contributed by atoms with Gasteiger partial charge in [-0.25, -0.2) is 15.0 Å². The fraction of sp³-hybridized carbons (Fsp3) is 0. The Hall–Kier alpha value is -5.87. The molecule has 0 fully saturated rings.